The van der Waals surface area contributed by atoms with Gasteiger partial charge < -0.3 is 28.8 Å². The van der Waals surface area contributed by atoms with E-state index in [1.165, 1.54) is 20.8 Å². The minimum absolute atomic E-state index is 0.00357. The number of hydrogen-bond acceptors (Lipinski definition) is 10. The second kappa shape index (κ2) is 9.10. The Kier molecular flexibility index (Phi) is 6.79. The van der Waals surface area contributed by atoms with E-state index in [2.05, 4.69) is 13.2 Å². The minimum Gasteiger partial charge on any atom is -0.462 e. The summed E-state index contributed by atoms with van der Waals surface area (Å²) in [4.78, 5) is 50.0. The molecule has 3 aliphatic heterocycles. The number of carbonyl (C=O) groups excluding carboxylic acids is 4. The summed E-state index contributed by atoms with van der Waals surface area (Å²) in [5, 5.41) is 10.8. The highest BCUT2D eigenvalue weighted by molar-refractivity contribution is 6.23. The molecule has 204 valence electrons. The Morgan fingerprint density at radius 1 is 1.05 bits per heavy atom. The van der Waals surface area contributed by atoms with Gasteiger partial charge in [0.05, 0.1) is 16.7 Å². The summed E-state index contributed by atoms with van der Waals surface area (Å²) in [5.74, 6) is -6.65. The molecule has 4 rings (SSSR count). The first-order valence-electron chi connectivity index (χ1n) is 12.2. The number of carbonyl (C=O) groups is 4. The van der Waals surface area contributed by atoms with Gasteiger partial charge in [-0.1, -0.05) is 25.7 Å². The summed E-state index contributed by atoms with van der Waals surface area (Å²) in [7, 11) is 0. The standard InChI is InChI=1S/C26H33ClO10/c1-11-8-9-17(33-14(4)28)24(7)18(34-15(5)29)10-25(32)12(2)20(27)22-26(37-25,13(3)23(31)36-22)21(19(11)24)35-16(6)30/h13,17-22,32H,1-2,8-10H2,3-7H3. The summed E-state index contributed by atoms with van der Waals surface area (Å²) < 4.78 is 29.5. The molecule has 0 amide bonds. The number of fused-ring (bicyclic) bond motifs is 2. The maximum Gasteiger partial charge on any atom is 0.312 e. The van der Waals surface area contributed by atoms with Gasteiger partial charge >= 0.3 is 23.9 Å². The highest BCUT2D eigenvalue weighted by atomic mass is 35.5. The van der Waals surface area contributed by atoms with Crippen LogP contribution in [0.3, 0.4) is 0 Å². The monoisotopic (exact) mass is 540 g/mol. The predicted molar refractivity (Wildman–Crippen MR) is 128 cm³/mol. The molecule has 1 N–H and O–H groups in total. The SMILES string of the molecule is C=C1CCC(OC(C)=O)C2(C)C(OC(C)=O)CC3(O)OC4(C(C)C(=O)OC4C(Cl)C3=C)C(OC(C)=O)C12. The topological polar surface area (TPSA) is 135 Å². The molecule has 4 fully saturated rings. The molecule has 3 saturated heterocycles. The molecule has 0 aromatic carbocycles. The van der Waals surface area contributed by atoms with Gasteiger partial charge in [-0.05, 0) is 19.8 Å². The van der Waals surface area contributed by atoms with E-state index in [1.807, 2.05) is 0 Å². The van der Waals surface area contributed by atoms with Crippen molar-refractivity contribution in [1.82, 2.24) is 0 Å². The van der Waals surface area contributed by atoms with Gasteiger partial charge in [-0.2, -0.15) is 0 Å². The highest BCUT2D eigenvalue weighted by Gasteiger charge is 2.76. The minimum atomic E-state index is -2.21. The van der Waals surface area contributed by atoms with Gasteiger partial charge in [-0.3, -0.25) is 19.2 Å². The van der Waals surface area contributed by atoms with Crippen LogP contribution in [-0.4, -0.2) is 70.2 Å². The van der Waals surface area contributed by atoms with E-state index in [0.717, 1.165) is 0 Å². The molecule has 10 unspecified atom stereocenters. The van der Waals surface area contributed by atoms with Crippen molar-refractivity contribution in [1.29, 1.82) is 0 Å². The summed E-state index contributed by atoms with van der Waals surface area (Å²) in [6.45, 7) is 15.1. The highest BCUT2D eigenvalue weighted by Crippen LogP contribution is 2.62. The van der Waals surface area contributed by atoms with E-state index in [1.54, 1.807) is 13.8 Å². The maximum atomic E-state index is 13.0. The van der Waals surface area contributed by atoms with E-state index >= 15 is 0 Å². The van der Waals surface area contributed by atoms with E-state index in [0.29, 0.717) is 18.4 Å². The number of alkyl halides is 1. The molecule has 1 saturated carbocycles. The third-order valence-corrected chi connectivity index (χ3v) is 9.00. The second-order valence-electron chi connectivity index (χ2n) is 10.7. The molecule has 3 heterocycles. The van der Waals surface area contributed by atoms with Crippen LogP contribution < -0.4 is 0 Å². The first-order valence-corrected chi connectivity index (χ1v) is 12.7. The van der Waals surface area contributed by atoms with Crippen LogP contribution in [0.4, 0.5) is 0 Å². The molecular formula is C26H33ClO10. The van der Waals surface area contributed by atoms with Crippen molar-refractivity contribution in [3.05, 3.63) is 24.3 Å². The lowest BCUT2D eigenvalue weighted by Crippen LogP contribution is -2.75. The molecule has 2 bridgehead atoms. The van der Waals surface area contributed by atoms with Crippen molar-refractivity contribution < 1.29 is 48.0 Å². The van der Waals surface area contributed by atoms with Gasteiger partial charge in [0.25, 0.3) is 0 Å². The zero-order valence-corrected chi connectivity index (χ0v) is 22.3. The number of ether oxygens (including phenoxy) is 5. The summed E-state index contributed by atoms with van der Waals surface area (Å²) in [5.41, 5.74) is -2.42. The Balaban J connectivity index is 2.06. The Morgan fingerprint density at radius 3 is 2.19 bits per heavy atom. The third kappa shape index (κ3) is 3.99. The van der Waals surface area contributed by atoms with E-state index < -0.39 is 82.3 Å². The van der Waals surface area contributed by atoms with Gasteiger partial charge in [0.2, 0.25) is 0 Å². The van der Waals surface area contributed by atoms with Crippen molar-refractivity contribution in [2.75, 3.05) is 0 Å². The van der Waals surface area contributed by atoms with Crippen molar-refractivity contribution >= 4 is 35.5 Å². The zero-order valence-electron chi connectivity index (χ0n) is 21.6. The molecule has 1 aliphatic carbocycles. The number of aliphatic hydroxyl groups is 1. The number of hydrogen-bond donors (Lipinski definition) is 1. The van der Waals surface area contributed by atoms with Crippen LogP contribution in [0, 0.1) is 17.3 Å². The van der Waals surface area contributed by atoms with Crippen molar-refractivity contribution in [2.45, 2.75) is 95.1 Å². The Labute approximate surface area is 220 Å². The molecule has 0 aromatic heterocycles. The molecule has 1 spiro atoms. The lowest BCUT2D eigenvalue weighted by molar-refractivity contribution is -0.344. The van der Waals surface area contributed by atoms with E-state index in [9.17, 15) is 24.3 Å². The van der Waals surface area contributed by atoms with Gasteiger partial charge in [0.1, 0.15) is 18.3 Å². The molecule has 0 aromatic rings. The third-order valence-electron chi connectivity index (χ3n) is 8.51. The second-order valence-corrected chi connectivity index (χ2v) is 11.2. The fourth-order valence-electron chi connectivity index (χ4n) is 6.78. The van der Waals surface area contributed by atoms with Gasteiger partial charge in [-0.25, -0.2) is 0 Å². The van der Waals surface area contributed by atoms with Crippen LogP contribution in [0.25, 0.3) is 0 Å². The van der Waals surface area contributed by atoms with Crippen molar-refractivity contribution in [2.24, 2.45) is 17.3 Å². The van der Waals surface area contributed by atoms with Crippen molar-refractivity contribution in [3.63, 3.8) is 0 Å². The Hall–Kier alpha value is -2.43. The molecular weight excluding hydrogens is 508 g/mol. The normalized spacial score (nSPS) is 44.9. The summed E-state index contributed by atoms with van der Waals surface area (Å²) in [6.07, 6.45) is -4.01. The van der Waals surface area contributed by atoms with Crippen LogP contribution in [0.5, 0.6) is 0 Å². The zero-order chi connectivity index (χ0) is 27.7. The average Bonchev–Trinajstić information content (AvgIpc) is 3.03. The fraction of sp³-hybridized carbons (Fsp3) is 0.692. The van der Waals surface area contributed by atoms with Gasteiger partial charge in [0.15, 0.2) is 17.5 Å². The first-order chi connectivity index (χ1) is 17.1. The van der Waals surface area contributed by atoms with E-state index in [-0.39, 0.29) is 12.0 Å². The van der Waals surface area contributed by atoms with Crippen molar-refractivity contribution in [3.8, 4) is 0 Å². The number of rotatable bonds is 3. The molecule has 0 radical (unpaired) electrons. The average molecular weight is 541 g/mol. The quantitative estimate of drug-likeness (QED) is 0.246. The van der Waals surface area contributed by atoms with Gasteiger partial charge in [-0.15, -0.1) is 11.6 Å². The maximum absolute atomic E-state index is 13.0. The predicted octanol–water partition coefficient (Wildman–Crippen LogP) is 2.34. The molecule has 4 aliphatic rings. The molecule has 10 atom stereocenters. The number of halogens is 1. The lowest BCUT2D eigenvalue weighted by Gasteiger charge is -2.62. The summed E-state index contributed by atoms with van der Waals surface area (Å²) >= 11 is 6.75. The summed E-state index contributed by atoms with van der Waals surface area (Å²) in [6, 6.07) is 0. The molecule has 11 heteroatoms. The lowest BCUT2D eigenvalue weighted by atomic mass is 9.53. The van der Waals surface area contributed by atoms with Crippen LogP contribution in [0.1, 0.15) is 53.9 Å². The first kappa shape index (κ1) is 27.6. The Morgan fingerprint density at radius 2 is 1.62 bits per heavy atom. The van der Waals surface area contributed by atoms with Gasteiger partial charge in [0, 0.05) is 38.7 Å². The van der Waals surface area contributed by atoms with Crippen LogP contribution >= 0.6 is 11.6 Å². The molecule has 10 nitrogen and oxygen atoms in total. The van der Waals surface area contributed by atoms with Crippen LogP contribution in [0.2, 0.25) is 0 Å². The van der Waals surface area contributed by atoms with Crippen LogP contribution in [-0.2, 0) is 42.9 Å². The smallest absolute Gasteiger partial charge is 0.312 e. The molecule has 37 heavy (non-hydrogen) atoms. The van der Waals surface area contributed by atoms with E-state index in [4.69, 9.17) is 35.3 Å². The Bertz CT molecular complexity index is 1070. The van der Waals surface area contributed by atoms with Crippen LogP contribution in [0.15, 0.2) is 24.3 Å². The fourth-order valence-corrected chi connectivity index (χ4v) is 7.20. The largest absolute Gasteiger partial charge is 0.462 e. The number of esters is 4.